The summed E-state index contributed by atoms with van der Waals surface area (Å²) in [5, 5.41) is 14.4. The van der Waals surface area contributed by atoms with Gasteiger partial charge in [-0.25, -0.2) is 9.48 Å². The van der Waals surface area contributed by atoms with Crippen molar-refractivity contribution in [2.45, 2.75) is 13.0 Å². The Hall–Kier alpha value is -3.33. The molecule has 0 spiro atoms. The molecule has 148 valence electrons. The van der Waals surface area contributed by atoms with Gasteiger partial charge in [-0.3, -0.25) is 10.00 Å². The maximum atomic E-state index is 12.6. The molecule has 0 aliphatic carbocycles. The Morgan fingerprint density at radius 3 is 2.57 bits per heavy atom. The summed E-state index contributed by atoms with van der Waals surface area (Å²) in [6.07, 6.45) is 1.68. The van der Waals surface area contributed by atoms with E-state index in [9.17, 15) is 4.79 Å². The molecule has 0 saturated carbocycles. The number of anilines is 1. The van der Waals surface area contributed by atoms with Gasteiger partial charge in [0.15, 0.2) is 0 Å². The molecule has 1 aromatic carbocycles. The average molecular weight is 384 g/mol. The van der Waals surface area contributed by atoms with Crippen LogP contribution >= 0.6 is 0 Å². The predicted molar refractivity (Wildman–Crippen MR) is 105 cm³/mol. The molecular weight excluding hydrogens is 360 g/mol. The summed E-state index contributed by atoms with van der Waals surface area (Å²) in [4.78, 5) is 12.6. The molecule has 0 bridgehead atoms. The van der Waals surface area contributed by atoms with Crippen molar-refractivity contribution in [3.05, 3.63) is 54.0 Å². The Morgan fingerprint density at radius 1 is 1.21 bits per heavy atom. The molecule has 0 aliphatic rings. The SMILES string of the molecule is COC[C@@H](NC(=O)Nc1cc(C)nn1-c1ccc(OC)cc1)c1ccnn1C. The molecule has 1 atom stereocenters. The molecule has 28 heavy (non-hydrogen) atoms. The van der Waals surface area contributed by atoms with E-state index >= 15 is 0 Å². The molecule has 0 fully saturated rings. The first-order chi connectivity index (χ1) is 13.5. The molecule has 9 heteroatoms. The normalized spacial score (nSPS) is 11.9. The molecule has 2 amide bonds. The van der Waals surface area contributed by atoms with Crippen molar-refractivity contribution in [1.82, 2.24) is 24.9 Å². The molecule has 2 N–H and O–H groups in total. The molecular formula is C19H24N6O3. The maximum absolute atomic E-state index is 12.6. The fraction of sp³-hybridized carbons (Fsp3) is 0.316. The minimum Gasteiger partial charge on any atom is -0.497 e. The van der Waals surface area contributed by atoms with E-state index < -0.39 is 0 Å². The zero-order chi connectivity index (χ0) is 20.1. The highest BCUT2D eigenvalue weighted by molar-refractivity contribution is 5.89. The Morgan fingerprint density at radius 2 is 1.96 bits per heavy atom. The number of nitrogens with one attached hydrogen (secondary N) is 2. The first-order valence-electron chi connectivity index (χ1n) is 8.77. The highest BCUT2D eigenvalue weighted by atomic mass is 16.5. The standard InChI is InChI=1S/C19H24N6O3/c1-13-11-18(25(23-13)14-5-7-15(28-4)8-6-14)22-19(26)21-16(12-27-3)17-9-10-20-24(17)2/h5-11,16H,12H2,1-4H3,(H2,21,22,26)/t16-/m1/s1. The molecule has 3 rings (SSSR count). The minimum atomic E-state index is -0.363. The third kappa shape index (κ3) is 4.32. The van der Waals surface area contributed by atoms with Crippen molar-refractivity contribution in [2.24, 2.45) is 7.05 Å². The maximum Gasteiger partial charge on any atom is 0.321 e. The number of rotatable bonds is 7. The van der Waals surface area contributed by atoms with E-state index in [2.05, 4.69) is 20.8 Å². The summed E-state index contributed by atoms with van der Waals surface area (Å²) in [5.41, 5.74) is 2.44. The van der Waals surface area contributed by atoms with Gasteiger partial charge in [0.2, 0.25) is 0 Å². The van der Waals surface area contributed by atoms with Crippen molar-refractivity contribution in [2.75, 3.05) is 26.1 Å². The number of ether oxygens (including phenoxy) is 2. The predicted octanol–water partition coefficient (Wildman–Crippen LogP) is 2.43. The van der Waals surface area contributed by atoms with E-state index in [1.807, 2.05) is 44.3 Å². The van der Waals surface area contributed by atoms with Crippen LogP contribution in [0.5, 0.6) is 5.75 Å². The second-order valence-corrected chi connectivity index (χ2v) is 6.27. The lowest BCUT2D eigenvalue weighted by Gasteiger charge is -2.19. The monoisotopic (exact) mass is 384 g/mol. The van der Waals surface area contributed by atoms with Crippen LogP contribution in [0.4, 0.5) is 10.6 Å². The van der Waals surface area contributed by atoms with Gasteiger partial charge >= 0.3 is 6.03 Å². The van der Waals surface area contributed by atoms with Gasteiger partial charge in [0.25, 0.3) is 0 Å². The Balaban J connectivity index is 1.77. The lowest BCUT2D eigenvalue weighted by Crippen LogP contribution is -2.36. The topological polar surface area (TPSA) is 95.2 Å². The minimum absolute atomic E-state index is 0.323. The van der Waals surface area contributed by atoms with Crippen LogP contribution in [0.25, 0.3) is 5.69 Å². The molecule has 0 aliphatic heterocycles. The van der Waals surface area contributed by atoms with E-state index in [4.69, 9.17) is 9.47 Å². The smallest absolute Gasteiger partial charge is 0.321 e. The van der Waals surface area contributed by atoms with Gasteiger partial charge in [-0.2, -0.15) is 10.2 Å². The summed E-state index contributed by atoms with van der Waals surface area (Å²) in [6.45, 7) is 2.19. The molecule has 0 unspecified atom stereocenters. The van der Waals surface area contributed by atoms with Crippen molar-refractivity contribution in [1.29, 1.82) is 0 Å². The zero-order valence-electron chi connectivity index (χ0n) is 16.3. The summed E-state index contributed by atoms with van der Waals surface area (Å²) in [7, 11) is 5.02. The third-order valence-corrected chi connectivity index (χ3v) is 4.24. The number of hydrogen-bond donors (Lipinski definition) is 2. The van der Waals surface area contributed by atoms with Crippen molar-refractivity contribution in [3.63, 3.8) is 0 Å². The number of urea groups is 1. The first-order valence-corrected chi connectivity index (χ1v) is 8.77. The van der Waals surface area contributed by atoms with Crippen LogP contribution in [0.3, 0.4) is 0 Å². The lowest BCUT2D eigenvalue weighted by molar-refractivity contribution is 0.165. The van der Waals surface area contributed by atoms with E-state index in [-0.39, 0.29) is 12.1 Å². The second-order valence-electron chi connectivity index (χ2n) is 6.27. The zero-order valence-corrected chi connectivity index (χ0v) is 16.3. The van der Waals surface area contributed by atoms with E-state index in [1.54, 1.807) is 35.8 Å². The number of carbonyl (C=O) groups excluding carboxylic acids is 1. The highest BCUT2D eigenvalue weighted by Gasteiger charge is 2.19. The van der Waals surface area contributed by atoms with Crippen LogP contribution in [-0.2, 0) is 11.8 Å². The van der Waals surface area contributed by atoms with Crippen molar-refractivity contribution >= 4 is 11.8 Å². The van der Waals surface area contributed by atoms with Gasteiger partial charge < -0.3 is 14.8 Å². The van der Waals surface area contributed by atoms with Crippen LogP contribution in [0.1, 0.15) is 17.4 Å². The molecule has 0 saturated heterocycles. The van der Waals surface area contributed by atoms with E-state index in [1.165, 1.54) is 0 Å². The molecule has 2 aromatic heterocycles. The lowest BCUT2D eigenvalue weighted by atomic mass is 10.2. The molecule has 0 radical (unpaired) electrons. The Kier molecular flexibility index (Phi) is 5.95. The number of aryl methyl sites for hydroxylation is 2. The van der Waals surface area contributed by atoms with Gasteiger partial charge in [-0.05, 0) is 37.3 Å². The molecule has 3 aromatic rings. The highest BCUT2D eigenvalue weighted by Crippen LogP contribution is 2.20. The summed E-state index contributed by atoms with van der Waals surface area (Å²) >= 11 is 0. The molecule has 9 nitrogen and oxygen atoms in total. The number of nitrogens with zero attached hydrogens (tertiary/aromatic N) is 4. The quantitative estimate of drug-likeness (QED) is 0.652. The molecule has 2 heterocycles. The van der Waals surface area contributed by atoms with Crippen molar-refractivity contribution < 1.29 is 14.3 Å². The fourth-order valence-corrected chi connectivity index (χ4v) is 2.91. The van der Waals surface area contributed by atoms with Gasteiger partial charge in [-0.1, -0.05) is 0 Å². The fourth-order valence-electron chi connectivity index (χ4n) is 2.91. The first kappa shape index (κ1) is 19.4. The number of amides is 2. The number of aromatic nitrogens is 4. The van der Waals surface area contributed by atoms with Gasteiger partial charge in [0, 0.05) is 26.4 Å². The third-order valence-electron chi connectivity index (χ3n) is 4.24. The summed E-state index contributed by atoms with van der Waals surface area (Å²) < 4.78 is 13.8. The van der Waals surface area contributed by atoms with Crippen LogP contribution in [0, 0.1) is 6.92 Å². The number of carbonyl (C=O) groups is 1. The number of methoxy groups -OCH3 is 2. The van der Waals surface area contributed by atoms with Gasteiger partial charge in [0.1, 0.15) is 11.6 Å². The Bertz CT molecular complexity index is 932. The van der Waals surface area contributed by atoms with Crippen molar-refractivity contribution in [3.8, 4) is 11.4 Å². The van der Waals surface area contributed by atoms with Crippen LogP contribution in [0.15, 0.2) is 42.6 Å². The van der Waals surface area contributed by atoms with Crippen LogP contribution < -0.4 is 15.4 Å². The van der Waals surface area contributed by atoms with E-state index in [0.29, 0.717) is 12.4 Å². The average Bonchev–Trinajstić information content (AvgIpc) is 3.26. The van der Waals surface area contributed by atoms with Gasteiger partial charge in [0.05, 0.1) is 36.8 Å². The Labute approximate surface area is 163 Å². The van der Waals surface area contributed by atoms with Crippen LogP contribution in [0.2, 0.25) is 0 Å². The number of hydrogen-bond acceptors (Lipinski definition) is 5. The van der Waals surface area contributed by atoms with E-state index in [0.717, 1.165) is 22.8 Å². The summed E-state index contributed by atoms with van der Waals surface area (Å²) in [6, 6.07) is 10.4. The largest absolute Gasteiger partial charge is 0.497 e. The number of benzene rings is 1. The second kappa shape index (κ2) is 8.57. The summed E-state index contributed by atoms with van der Waals surface area (Å²) in [5.74, 6) is 1.31. The van der Waals surface area contributed by atoms with Crippen LogP contribution in [-0.4, -0.2) is 46.4 Å². The van der Waals surface area contributed by atoms with Gasteiger partial charge in [-0.15, -0.1) is 0 Å².